The normalized spacial score (nSPS) is 9.81. The summed E-state index contributed by atoms with van der Waals surface area (Å²) >= 11 is 0. The van der Waals surface area contributed by atoms with Crippen LogP contribution >= 0.6 is 0 Å². The highest BCUT2D eigenvalue weighted by Gasteiger charge is 2.07. The Morgan fingerprint density at radius 1 is 1.38 bits per heavy atom. The SMILES string of the molecule is NNc1cc(C(=O)Nc2ncc[nH]2)ccn1. The zero-order valence-corrected chi connectivity index (χ0v) is 8.27. The molecule has 0 saturated heterocycles. The number of nitrogens with one attached hydrogen (secondary N) is 3. The number of hydrogen-bond donors (Lipinski definition) is 4. The van der Waals surface area contributed by atoms with Gasteiger partial charge < -0.3 is 10.4 Å². The second-order valence-corrected chi connectivity index (χ2v) is 2.97. The van der Waals surface area contributed by atoms with Gasteiger partial charge >= 0.3 is 0 Å². The minimum absolute atomic E-state index is 0.283. The molecule has 7 heteroatoms. The maximum absolute atomic E-state index is 11.7. The first-order valence-electron chi connectivity index (χ1n) is 4.53. The highest BCUT2D eigenvalue weighted by atomic mass is 16.1. The average molecular weight is 218 g/mol. The van der Waals surface area contributed by atoms with Crippen molar-refractivity contribution < 1.29 is 4.79 Å². The molecule has 0 aliphatic heterocycles. The van der Waals surface area contributed by atoms with Gasteiger partial charge in [-0.1, -0.05) is 0 Å². The van der Waals surface area contributed by atoms with Crippen LogP contribution in [-0.4, -0.2) is 20.9 Å². The van der Waals surface area contributed by atoms with Gasteiger partial charge in [-0.15, -0.1) is 0 Å². The van der Waals surface area contributed by atoms with Gasteiger partial charge in [0.05, 0.1) is 0 Å². The minimum atomic E-state index is -0.283. The topological polar surface area (TPSA) is 109 Å². The van der Waals surface area contributed by atoms with Crippen molar-refractivity contribution in [1.29, 1.82) is 0 Å². The second-order valence-electron chi connectivity index (χ2n) is 2.97. The number of hydrogen-bond acceptors (Lipinski definition) is 5. The summed E-state index contributed by atoms with van der Waals surface area (Å²) in [6.07, 6.45) is 4.66. The molecular formula is C9H10N6O. The van der Waals surface area contributed by atoms with Crippen LogP contribution in [0.3, 0.4) is 0 Å². The average Bonchev–Trinajstić information content (AvgIpc) is 2.82. The van der Waals surface area contributed by atoms with Crippen molar-refractivity contribution in [3.8, 4) is 0 Å². The van der Waals surface area contributed by atoms with Crippen LogP contribution in [0.1, 0.15) is 10.4 Å². The highest BCUT2D eigenvalue weighted by molar-refractivity contribution is 6.03. The van der Waals surface area contributed by atoms with E-state index < -0.39 is 0 Å². The lowest BCUT2D eigenvalue weighted by Crippen LogP contribution is -2.15. The molecule has 0 bridgehead atoms. The number of nitrogen functional groups attached to an aromatic ring is 1. The van der Waals surface area contributed by atoms with Gasteiger partial charge in [-0.25, -0.2) is 15.8 Å². The Bertz CT molecular complexity index is 481. The number of imidazole rings is 1. The first-order chi connectivity index (χ1) is 7.79. The number of H-pyrrole nitrogens is 1. The maximum Gasteiger partial charge on any atom is 0.258 e. The van der Waals surface area contributed by atoms with Gasteiger partial charge in [0.15, 0.2) is 0 Å². The zero-order chi connectivity index (χ0) is 11.4. The Morgan fingerprint density at radius 3 is 2.94 bits per heavy atom. The van der Waals surface area contributed by atoms with Crippen molar-refractivity contribution in [2.75, 3.05) is 10.7 Å². The number of anilines is 2. The van der Waals surface area contributed by atoms with E-state index in [1.807, 2.05) is 0 Å². The summed E-state index contributed by atoms with van der Waals surface area (Å²) in [6, 6.07) is 3.12. The lowest BCUT2D eigenvalue weighted by Gasteiger charge is -2.03. The lowest BCUT2D eigenvalue weighted by molar-refractivity contribution is 0.102. The first-order valence-corrected chi connectivity index (χ1v) is 4.53. The molecule has 0 aliphatic carbocycles. The van der Waals surface area contributed by atoms with E-state index in [-0.39, 0.29) is 5.91 Å². The molecule has 1 amide bonds. The number of hydrazine groups is 1. The van der Waals surface area contributed by atoms with Crippen molar-refractivity contribution in [1.82, 2.24) is 15.0 Å². The largest absolute Gasteiger partial charge is 0.331 e. The van der Waals surface area contributed by atoms with Gasteiger partial charge in [-0.2, -0.15) is 0 Å². The van der Waals surface area contributed by atoms with Gasteiger partial charge in [0, 0.05) is 24.2 Å². The van der Waals surface area contributed by atoms with E-state index in [0.29, 0.717) is 17.3 Å². The van der Waals surface area contributed by atoms with Crippen LogP contribution in [0.4, 0.5) is 11.8 Å². The highest BCUT2D eigenvalue weighted by Crippen LogP contribution is 2.07. The Hall–Kier alpha value is -2.41. The molecule has 0 unspecified atom stereocenters. The predicted molar refractivity (Wildman–Crippen MR) is 58.6 cm³/mol. The van der Waals surface area contributed by atoms with Crippen molar-refractivity contribution in [2.24, 2.45) is 5.84 Å². The van der Waals surface area contributed by atoms with Crippen molar-refractivity contribution in [3.05, 3.63) is 36.3 Å². The molecule has 0 atom stereocenters. The zero-order valence-electron chi connectivity index (χ0n) is 8.27. The van der Waals surface area contributed by atoms with Crippen LogP contribution in [-0.2, 0) is 0 Å². The van der Waals surface area contributed by atoms with Gasteiger partial charge in [0.1, 0.15) is 5.82 Å². The fraction of sp³-hybridized carbons (Fsp3) is 0. The molecule has 0 aromatic carbocycles. The molecule has 0 fully saturated rings. The van der Waals surface area contributed by atoms with Crippen LogP contribution in [0.2, 0.25) is 0 Å². The number of carbonyl (C=O) groups is 1. The van der Waals surface area contributed by atoms with Gasteiger partial charge in [0.25, 0.3) is 5.91 Å². The molecule has 2 aromatic heterocycles. The number of nitrogens with zero attached hydrogens (tertiary/aromatic N) is 2. The third-order valence-corrected chi connectivity index (χ3v) is 1.90. The molecule has 7 nitrogen and oxygen atoms in total. The van der Waals surface area contributed by atoms with E-state index in [1.165, 1.54) is 12.3 Å². The van der Waals surface area contributed by atoms with Crippen LogP contribution in [0.15, 0.2) is 30.7 Å². The van der Waals surface area contributed by atoms with E-state index in [0.717, 1.165) is 0 Å². The molecule has 2 heterocycles. The Balaban J connectivity index is 2.14. The molecule has 2 aromatic rings. The van der Waals surface area contributed by atoms with Gasteiger partial charge in [0.2, 0.25) is 5.95 Å². The third kappa shape index (κ3) is 2.15. The van der Waals surface area contributed by atoms with Crippen LogP contribution in [0, 0.1) is 0 Å². The van der Waals surface area contributed by atoms with E-state index in [1.54, 1.807) is 18.5 Å². The van der Waals surface area contributed by atoms with Crippen LogP contribution < -0.4 is 16.6 Å². The summed E-state index contributed by atoms with van der Waals surface area (Å²) in [5, 5.41) is 2.59. The van der Waals surface area contributed by atoms with Crippen molar-refractivity contribution >= 4 is 17.7 Å². The summed E-state index contributed by atoms with van der Waals surface area (Å²) in [5.41, 5.74) is 2.81. The predicted octanol–water partition coefficient (Wildman–Crippen LogP) is 0.343. The smallest absolute Gasteiger partial charge is 0.258 e. The standard InChI is InChI=1S/C9H10N6O/c10-15-7-5-6(1-2-11-7)8(16)14-9-12-3-4-13-9/h1-5H,10H2,(H,11,15)(H2,12,13,14,16). The van der Waals surface area contributed by atoms with E-state index in [9.17, 15) is 4.79 Å². The molecule has 16 heavy (non-hydrogen) atoms. The monoisotopic (exact) mass is 218 g/mol. The number of aromatic nitrogens is 3. The molecular weight excluding hydrogens is 208 g/mol. The van der Waals surface area contributed by atoms with Crippen molar-refractivity contribution in [3.63, 3.8) is 0 Å². The molecule has 0 saturated carbocycles. The number of carbonyl (C=O) groups excluding carboxylic acids is 1. The number of rotatable bonds is 3. The van der Waals surface area contributed by atoms with E-state index in [4.69, 9.17) is 5.84 Å². The number of aromatic amines is 1. The maximum atomic E-state index is 11.7. The van der Waals surface area contributed by atoms with Crippen molar-refractivity contribution in [2.45, 2.75) is 0 Å². The van der Waals surface area contributed by atoms with Gasteiger partial charge in [-0.05, 0) is 12.1 Å². The summed E-state index contributed by atoms with van der Waals surface area (Å²) in [5.74, 6) is 5.72. The quantitative estimate of drug-likeness (QED) is 0.439. The van der Waals surface area contributed by atoms with Gasteiger partial charge in [-0.3, -0.25) is 10.1 Å². The summed E-state index contributed by atoms with van der Waals surface area (Å²) < 4.78 is 0. The molecule has 2 rings (SSSR count). The Kier molecular flexibility index (Phi) is 2.79. The molecule has 0 aliphatic rings. The second kappa shape index (κ2) is 4.41. The molecule has 5 N–H and O–H groups in total. The first kappa shape index (κ1) is 10.1. The fourth-order valence-electron chi connectivity index (χ4n) is 1.16. The van der Waals surface area contributed by atoms with Crippen LogP contribution in [0.25, 0.3) is 0 Å². The molecule has 0 spiro atoms. The summed E-state index contributed by atoms with van der Waals surface area (Å²) in [4.78, 5) is 22.3. The molecule has 0 radical (unpaired) electrons. The third-order valence-electron chi connectivity index (χ3n) is 1.90. The molecule has 82 valence electrons. The summed E-state index contributed by atoms with van der Waals surface area (Å²) in [6.45, 7) is 0. The van der Waals surface area contributed by atoms with E-state index in [2.05, 4.69) is 25.7 Å². The number of pyridine rings is 1. The number of amides is 1. The summed E-state index contributed by atoms with van der Waals surface area (Å²) in [7, 11) is 0. The minimum Gasteiger partial charge on any atom is -0.331 e. The fourth-order valence-corrected chi connectivity index (χ4v) is 1.16. The lowest BCUT2D eigenvalue weighted by atomic mass is 10.2. The number of nitrogens with two attached hydrogens (primary N) is 1. The Labute approximate surface area is 91.1 Å². The Morgan fingerprint density at radius 2 is 2.25 bits per heavy atom. The van der Waals surface area contributed by atoms with Crippen LogP contribution in [0.5, 0.6) is 0 Å². The van der Waals surface area contributed by atoms with E-state index >= 15 is 0 Å².